The number of rotatable bonds is 10. The van der Waals surface area contributed by atoms with Crippen LogP contribution < -0.4 is 5.32 Å². The zero-order valence-corrected chi connectivity index (χ0v) is 20.9. The quantitative estimate of drug-likeness (QED) is 0.418. The molecule has 186 valence electrons. The maximum Gasteiger partial charge on any atom is 0.265 e. The van der Waals surface area contributed by atoms with E-state index in [1.165, 1.54) is 0 Å². The van der Waals surface area contributed by atoms with Crippen LogP contribution >= 0.6 is 0 Å². The standard InChI is InChI=1S/C24H31N7O3S/c1-3-18(10-11-21(34-35(2,32)33)31-16-14-25-15-17-31)22-28-23(19-8-4-6-12-26-19)30-24(29-22)20-9-5-7-13-27-20/h4-9,12-13,18,21,25H,3,10-11,14-17H2,1-2H3. The van der Waals surface area contributed by atoms with Crippen LogP contribution in [-0.2, 0) is 14.3 Å². The fourth-order valence-electron chi connectivity index (χ4n) is 4.12. The molecule has 1 fully saturated rings. The topological polar surface area (TPSA) is 123 Å². The summed E-state index contributed by atoms with van der Waals surface area (Å²) in [5, 5.41) is 3.29. The van der Waals surface area contributed by atoms with Gasteiger partial charge in [-0.15, -0.1) is 0 Å². The van der Waals surface area contributed by atoms with E-state index in [1.54, 1.807) is 12.4 Å². The van der Waals surface area contributed by atoms with Gasteiger partial charge in [-0.1, -0.05) is 19.1 Å². The highest BCUT2D eigenvalue weighted by molar-refractivity contribution is 7.86. The van der Waals surface area contributed by atoms with Gasteiger partial charge in [-0.05, 0) is 43.5 Å². The molecule has 0 spiro atoms. The summed E-state index contributed by atoms with van der Waals surface area (Å²) in [6.45, 7) is 5.14. The van der Waals surface area contributed by atoms with E-state index in [2.05, 4.69) is 32.1 Å². The van der Waals surface area contributed by atoms with Gasteiger partial charge in [0.05, 0.1) is 6.26 Å². The predicted molar refractivity (Wildman–Crippen MR) is 133 cm³/mol. The summed E-state index contributed by atoms with van der Waals surface area (Å²) in [5.41, 5.74) is 1.31. The molecule has 10 nitrogen and oxygen atoms in total. The summed E-state index contributed by atoms with van der Waals surface area (Å²) >= 11 is 0. The first-order valence-corrected chi connectivity index (χ1v) is 13.7. The highest BCUT2D eigenvalue weighted by atomic mass is 32.2. The number of nitrogens with zero attached hydrogens (tertiary/aromatic N) is 6. The van der Waals surface area contributed by atoms with Crippen molar-refractivity contribution >= 4 is 10.1 Å². The number of hydrogen-bond donors (Lipinski definition) is 1. The molecule has 2 atom stereocenters. The lowest BCUT2D eigenvalue weighted by atomic mass is 9.98. The van der Waals surface area contributed by atoms with E-state index < -0.39 is 16.3 Å². The summed E-state index contributed by atoms with van der Waals surface area (Å²) in [4.78, 5) is 25.1. The van der Waals surface area contributed by atoms with Crippen LogP contribution in [0.2, 0.25) is 0 Å². The zero-order chi connectivity index (χ0) is 24.7. The van der Waals surface area contributed by atoms with Gasteiger partial charge in [-0.2, -0.15) is 8.42 Å². The minimum atomic E-state index is -3.60. The van der Waals surface area contributed by atoms with Gasteiger partial charge in [-0.3, -0.25) is 19.1 Å². The zero-order valence-electron chi connectivity index (χ0n) is 20.0. The van der Waals surface area contributed by atoms with Crippen LogP contribution in [0.4, 0.5) is 0 Å². The number of piperazine rings is 1. The van der Waals surface area contributed by atoms with E-state index in [1.807, 2.05) is 36.4 Å². The molecule has 1 saturated heterocycles. The summed E-state index contributed by atoms with van der Waals surface area (Å²) in [7, 11) is -3.60. The van der Waals surface area contributed by atoms with Crippen molar-refractivity contribution in [2.75, 3.05) is 32.4 Å². The minimum absolute atomic E-state index is 0.0171. The third-order valence-electron chi connectivity index (χ3n) is 5.91. The number of pyridine rings is 2. The molecular formula is C24H31N7O3S. The van der Waals surface area contributed by atoms with Gasteiger partial charge in [0, 0.05) is 44.5 Å². The lowest BCUT2D eigenvalue weighted by Gasteiger charge is -2.34. The normalized spacial score (nSPS) is 16.6. The Hall–Kier alpha value is -2.86. The Labute approximate surface area is 206 Å². The smallest absolute Gasteiger partial charge is 0.265 e. The van der Waals surface area contributed by atoms with Crippen molar-refractivity contribution < 1.29 is 12.6 Å². The third-order valence-corrected chi connectivity index (χ3v) is 6.48. The van der Waals surface area contributed by atoms with Crippen LogP contribution in [-0.4, -0.2) is 76.9 Å². The van der Waals surface area contributed by atoms with E-state index in [0.717, 1.165) is 38.9 Å². The molecule has 35 heavy (non-hydrogen) atoms. The van der Waals surface area contributed by atoms with Gasteiger partial charge >= 0.3 is 0 Å². The van der Waals surface area contributed by atoms with Gasteiger partial charge in [0.25, 0.3) is 10.1 Å². The second kappa shape index (κ2) is 11.7. The monoisotopic (exact) mass is 497 g/mol. The molecule has 0 radical (unpaired) electrons. The summed E-state index contributed by atoms with van der Waals surface area (Å²) in [6.07, 6.45) is 5.97. The van der Waals surface area contributed by atoms with Crippen LogP contribution in [0.15, 0.2) is 48.8 Å². The SMILES string of the molecule is CCC(CCC(OS(C)(=O)=O)N1CCNCC1)c1nc(-c2ccccn2)nc(-c2ccccn2)n1. The summed E-state index contributed by atoms with van der Waals surface area (Å²) in [6, 6.07) is 11.2. The van der Waals surface area contributed by atoms with Gasteiger partial charge in [0.2, 0.25) is 0 Å². The molecule has 3 aromatic rings. The van der Waals surface area contributed by atoms with E-state index in [9.17, 15) is 8.42 Å². The summed E-state index contributed by atoms with van der Waals surface area (Å²) < 4.78 is 29.4. The first kappa shape index (κ1) is 25.2. The van der Waals surface area contributed by atoms with Crippen LogP contribution in [0.25, 0.3) is 23.0 Å². The van der Waals surface area contributed by atoms with Crippen molar-refractivity contribution in [3.8, 4) is 23.0 Å². The van der Waals surface area contributed by atoms with Crippen LogP contribution in [0, 0.1) is 0 Å². The van der Waals surface area contributed by atoms with E-state index in [0.29, 0.717) is 41.7 Å². The van der Waals surface area contributed by atoms with Gasteiger partial charge < -0.3 is 5.32 Å². The lowest BCUT2D eigenvalue weighted by Crippen LogP contribution is -2.49. The maximum absolute atomic E-state index is 12.0. The van der Waals surface area contributed by atoms with E-state index in [-0.39, 0.29) is 5.92 Å². The Bertz CT molecular complexity index is 1130. The Morgan fingerprint density at radius 1 is 0.943 bits per heavy atom. The fourth-order valence-corrected chi connectivity index (χ4v) is 4.74. The van der Waals surface area contributed by atoms with Crippen LogP contribution in [0.5, 0.6) is 0 Å². The molecule has 0 amide bonds. The molecule has 0 saturated carbocycles. The average molecular weight is 498 g/mol. The van der Waals surface area contributed by atoms with Crippen molar-refractivity contribution in [2.45, 2.75) is 38.3 Å². The Balaban J connectivity index is 1.63. The largest absolute Gasteiger partial charge is 0.314 e. The second-order valence-corrected chi connectivity index (χ2v) is 10.1. The van der Waals surface area contributed by atoms with Gasteiger partial charge in [0.15, 0.2) is 11.6 Å². The molecule has 0 aromatic carbocycles. The van der Waals surface area contributed by atoms with Crippen molar-refractivity contribution in [1.29, 1.82) is 0 Å². The van der Waals surface area contributed by atoms with Gasteiger partial charge in [-0.25, -0.2) is 15.0 Å². The molecule has 4 rings (SSSR count). The number of aromatic nitrogens is 5. The van der Waals surface area contributed by atoms with Crippen molar-refractivity contribution in [2.24, 2.45) is 0 Å². The molecule has 4 heterocycles. The van der Waals surface area contributed by atoms with E-state index in [4.69, 9.17) is 14.2 Å². The Morgan fingerprint density at radius 2 is 1.54 bits per heavy atom. The molecule has 11 heteroatoms. The molecule has 1 aliphatic heterocycles. The second-order valence-electron chi connectivity index (χ2n) is 8.49. The first-order valence-electron chi connectivity index (χ1n) is 11.8. The molecule has 2 unspecified atom stereocenters. The maximum atomic E-state index is 12.0. The molecule has 1 aliphatic rings. The third kappa shape index (κ3) is 7.07. The van der Waals surface area contributed by atoms with Crippen LogP contribution in [0.1, 0.15) is 37.9 Å². The van der Waals surface area contributed by atoms with Crippen molar-refractivity contribution in [3.63, 3.8) is 0 Å². The van der Waals surface area contributed by atoms with Gasteiger partial charge in [0.1, 0.15) is 23.4 Å². The predicted octanol–water partition coefficient (Wildman–Crippen LogP) is 2.48. The van der Waals surface area contributed by atoms with Crippen molar-refractivity contribution in [1.82, 2.24) is 35.1 Å². The first-order chi connectivity index (χ1) is 16.9. The molecule has 3 aromatic heterocycles. The van der Waals surface area contributed by atoms with E-state index >= 15 is 0 Å². The Kier molecular flexibility index (Phi) is 8.45. The lowest BCUT2D eigenvalue weighted by molar-refractivity contribution is 0.0137. The average Bonchev–Trinajstić information content (AvgIpc) is 2.89. The fraction of sp³-hybridized carbons (Fsp3) is 0.458. The van der Waals surface area contributed by atoms with Crippen molar-refractivity contribution in [3.05, 3.63) is 54.6 Å². The Morgan fingerprint density at radius 3 is 2.03 bits per heavy atom. The molecule has 1 N–H and O–H groups in total. The number of nitrogens with one attached hydrogen (secondary N) is 1. The molecular weight excluding hydrogens is 466 g/mol. The minimum Gasteiger partial charge on any atom is -0.314 e. The van der Waals surface area contributed by atoms with Crippen LogP contribution in [0.3, 0.4) is 0 Å². The molecule has 0 bridgehead atoms. The summed E-state index contributed by atoms with van der Waals surface area (Å²) in [5.74, 6) is 1.60. The highest BCUT2D eigenvalue weighted by Gasteiger charge is 2.27. The number of hydrogen-bond acceptors (Lipinski definition) is 10. The molecule has 0 aliphatic carbocycles. The highest BCUT2D eigenvalue weighted by Crippen LogP contribution is 2.28.